The third-order valence-corrected chi connectivity index (χ3v) is 4.51. The zero-order chi connectivity index (χ0) is 16.6. The molecule has 3 nitrogen and oxygen atoms in total. The van der Waals surface area contributed by atoms with Gasteiger partial charge in [0.2, 0.25) is 0 Å². The van der Waals surface area contributed by atoms with Crippen molar-refractivity contribution in [3.8, 4) is 0 Å². The normalized spacial score (nSPS) is 16.0. The molecule has 0 radical (unpaired) electrons. The molecule has 0 saturated carbocycles. The number of nitrogens with one attached hydrogen (secondary N) is 1. The van der Waals surface area contributed by atoms with Gasteiger partial charge in [0.15, 0.2) is 5.69 Å². The minimum Gasteiger partial charge on any atom is -0.361 e. The third-order valence-electron chi connectivity index (χ3n) is 4.51. The summed E-state index contributed by atoms with van der Waals surface area (Å²) in [5.41, 5.74) is 9.77. The smallest absolute Gasteiger partial charge is 0.187 e. The first-order valence-corrected chi connectivity index (χ1v) is 7.62. The molecule has 0 saturated heterocycles. The highest BCUT2D eigenvalue weighted by molar-refractivity contribution is 5.93. The Hall–Kier alpha value is -2.86. The number of benzene rings is 1. The number of allylic oxidation sites excluding steroid dienone is 2. The van der Waals surface area contributed by atoms with Crippen LogP contribution in [0.5, 0.6) is 0 Å². The van der Waals surface area contributed by atoms with Crippen LogP contribution in [0.4, 0.5) is 5.69 Å². The van der Waals surface area contributed by atoms with Crippen molar-refractivity contribution in [1.29, 1.82) is 0 Å². The van der Waals surface area contributed by atoms with Crippen molar-refractivity contribution in [2.45, 2.75) is 27.7 Å². The lowest BCUT2D eigenvalue weighted by Crippen LogP contribution is -1.96. The van der Waals surface area contributed by atoms with Gasteiger partial charge in [-0.25, -0.2) is 4.85 Å². The molecular formula is C20H19N3. The van der Waals surface area contributed by atoms with Crippen molar-refractivity contribution in [1.82, 2.24) is 4.98 Å². The number of nitrogens with zero attached hydrogens (tertiary/aromatic N) is 2. The molecule has 1 N–H and O–H groups in total. The van der Waals surface area contributed by atoms with E-state index in [1.54, 1.807) is 0 Å². The SMILES string of the molecule is [C-]#[N+]c1ccc(/C(=C2/N=CC(C)=C2C)c2[nH]cc(C)c2C)cc1. The van der Waals surface area contributed by atoms with E-state index in [1.165, 1.54) is 22.3 Å². The molecule has 0 unspecified atom stereocenters. The van der Waals surface area contributed by atoms with Crippen molar-refractivity contribution in [2.24, 2.45) is 4.99 Å². The van der Waals surface area contributed by atoms with E-state index < -0.39 is 0 Å². The van der Waals surface area contributed by atoms with Crippen LogP contribution in [-0.2, 0) is 0 Å². The molecule has 3 rings (SSSR count). The summed E-state index contributed by atoms with van der Waals surface area (Å²) >= 11 is 0. The number of aliphatic imine (C=N–C) groups is 1. The quantitative estimate of drug-likeness (QED) is 0.724. The van der Waals surface area contributed by atoms with Crippen molar-refractivity contribution in [2.75, 3.05) is 0 Å². The number of hydrogen-bond donors (Lipinski definition) is 1. The predicted molar refractivity (Wildman–Crippen MR) is 95.9 cm³/mol. The summed E-state index contributed by atoms with van der Waals surface area (Å²) < 4.78 is 0. The van der Waals surface area contributed by atoms with Crippen LogP contribution in [0.1, 0.15) is 36.2 Å². The molecule has 23 heavy (non-hydrogen) atoms. The Morgan fingerprint density at radius 1 is 1.09 bits per heavy atom. The standard InChI is InChI=1S/C20H19N3/c1-12-10-22-19(14(12)3)18(20-15(4)13(2)11-23-20)16-6-8-17(21-5)9-7-16/h6-11,22H,1-4H3/b20-18-. The Bertz CT molecular complexity index is 897. The zero-order valence-corrected chi connectivity index (χ0v) is 13.9. The molecule has 1 aromatic carbocycles. The largest absolute Gasteiger partial charge is 0.361 e. The molecule has 0 fully saturated rings. The summed E-state index contributed by atoms with van der Waals surface area (Å²) in [4.78, 5) is 11.5. The molecule has 2 aromatic rings. The number of aromatic nitrogens is 1. The summed E-state index contributed by atoms with van der Waals surface area (Å²) in [5.74, 6) is 0. The molecule has 1 aliphatic heterocycles. The maximum atomic E-state index is 7.12. The average Bonchev–Trinajstić information content (AvgIpc) is 3.06. The van der Waals surface area contributed by atoms with Gasteiger partial charge in [-0.1, -0.05) is 24.3 Å². The number of hydrogen-bond acceptors (Lipinski definition) is 1. The van der Waals surface area contributed by atoms with Gasteiger partial charge in [0.1, 0.15) is 0 Å². The van der Waals surface area contributed by atoms with Gasteiger partial charge in [-0.2, -0.15) is 0 Å². The topological polar surface area (TPSA) is 32.5 Å². The molecule has 3 heteroatoms. The van der Waals surface area contributed by atoms with Crippen molar-refractivity contribution >= 4 is 17.5 Å². The Kier molecular flexibility index (Phi) is 3.75. The fraction of sp³-hybridized carbons (Fsp3) is 0.200. The lowest BCUT2D eigenvalue weighted by atomic mass is 9.94. The van der Waals surface area contributed by atoms with E-state index in [1.807, 2.05) is 36.7 Å². The first kappa shape index (κ1) is 15.1. The Balaban J connectivity index is 2.28. The first-order chi connectivity index (χ1) is 11.0. The Morgan fingerprint density at radius 2 is 1.78 bits per heavy atom. The molecule has 2 heterocycles. The number of H-pyrrole nitrogens is 1. The van der Waals surface area contributed by atoms with Gasteiger partial charge >= 0.3 is 0 Å². The van der Waals surface area contributed by atoms with Crippen LogP contribution in [-0.4, -0.2) is 11.2 Å². The fourth-order valence-corrected chi connectivity index (χ4v) is 2.75. The summed E-state index contributed by atoms with van der Waals surface area (Å²) in [6.45, 7) is 15.5. The van der Waals surface area contributed by atoms with E-state index in [4.69, 9.17) is 6.57 Å². The minimum absolute atomic E-state index is 0.649. The molecule has 0 atom stereocenters. The Morgan fingerprint density at radius 3 is 2.26 bits per heavy atom. The maximum Gasteiger partial charge on any atom is 0.187 e. The van der Waals surface area contributed by atoms with Gasteiger partial charge in [-0.3, -0.25) is 4.99 Å². The van der Waals surface area contributed by atoms with E-state index in [-0.39, 0.29) is 0 Å². The van der Waals surface area contributed by atoms with Crippen LogP contribution in [0.2, 0.25) is 0 Å². The van der Waals surface area contributed by atoms with Crippen LogP contribution in [0, 0.1) is 20.4 Å². The molecule has 0 aliphatic carbocycles. The first-order valence-electron chi connectivity index (χ1n) is 7.62. The predicted octanol–water partition coefficient (Wildman–Crippen LogP) is 5.36. The molecule has 1 aromatic heterocycles. The zero-order valence-electron chi connectivity index (χ0n) is 13.9. The van der Waals surface area contributed by atoms with Crippen LogP contribution < -0.4 is 0 Å². The van der Waals surface area contributed by atoms with Gasteiger partial charge in [0, 0.05) is 18.0 Å². The van der Waals surface area contributed by atoms with E-state index in [9.17, 15) is 0 Å². The van der Waals surface area contributed by atoms with Gasteiger partial charge in [-0.05, 0) is 55.5 Å². The lowest BCUT2D eigenvalue weighted by molar-refractivity contribution is 1.25. The average molecular weight is 301 g/mol. The molecule has 0 bridgehead atoms. The monoisotopic (exact) mass is 301 g/mol. The Labute approximate surface area is 136 Å². The van der Waals surface area contributed by atoms with Crippen LogP contribution in [0.25, 0.3) is 10.4 Å². The lowest BCUT2D eigenvalue weighted by Gasteiger charge is -2.12. The number of rotatable bonds is 2. The molecule has 114 valence electrons. The maximum absolute atomic E-state index is 7.12. The van der Waals surface area contributed by atoms with Crippen molar-refractivity contribution < 1.29 is 0 Å². The van der Waals surface area contributed by atoms with E-state index in [0.717, 1.165) is 22.5 Å². The van der Waals surface area contributed by atoms with Gasteiger partial charge in [0.25, 0.3) is 0 Å². The molecular weight excluding hydrogens is 282 g/mol. The van der Waals surface area contributed by atoms with E-state index in [0.29, 0.717) is 5.69 Å². The number of aryl methyl sites for hydroxylation is 1. The van der Waals surface area contributed by atoms with Gasteiger partial charge < -0.3 is 4.98 Å². The third kappa shape index (κ3) is 2.53. The van der Waals surface area contributed by atoms with E-state index in [2.05, 4.69) is 42.5 Å². The second kappa shape index (κ2) is 5.73. The van der Waals surface area contributed by atoms with Crippen LogP contribution in [0.3, 0.4) is 0 Å². The van der Waals surface area contributed by atoms with Crippen molar-refractivity contribution in [3.05, 3.63) is 81.1 Å². The summed E-state index contributed by atoms with van der Waals surface area (Å²) in [7, 11) is 0. The van der Waals surface area contributed by atoms with E-state index >= 15 is 0 Å². The highest BCUT2D eigenvalue weighted by atomic mass is 14.8. The highest BCUT2D eigenvalue weighted by Gasteiger charge is 2.20. The summed E-state index contributed by atoms with van der Waals surface area (Å²) in [6.07, 6.45) is 3.95. The van der Waals surface area contributed by atoms with Crippen LogP contribution >= 0.6 is 0 Å². The summed E-state index contributed by atoms with van der Waals surface area (Å²) in [6, 6.07) is 7.72. The minimum atomic E-state index is 0.649. The highest BCUT2D eigenvalue weighted by Crippen LogP contribution is 2.36. The van der Waals surface area contributed by atoms with Crippen LogP contribution in [0.15, 0.2) is 52.3 Å². The number of aromatic amines is 1. The molecule has 0 spiro atoms. The second-order valence-corrected chi connectivity index (χ2v) is 5.92. The summed E-state index contributed by atoms with van der Waals surface area (Å²) in [5, 5.41) is 0. The molecule has 1 aliphatic rings. The van der Waals surface area contributed by atoms with Gasteiger partial charge in [-0.15, -0.1) is 0 Å². The fourth-order valence-electron chi connectivity index (χ4n) is 2.75. The van der Waals surface area contributed by atoms with Gasteiger partial charge in [0.05, 0.1) is 18.0 Å². The molecule has 0 amide bonds. The van der Waals surface area contributed by atoms with Crippen molar-refractivity contribution in [3.63, 3.8) is 0 Å². The second-order valence-electron chi connectivity index (χ2n) is 5.92.